The third kappa shape index (κ3) is 1.72. The molecule has 0 saturated carbocycles. The number of halogens is 1. The molecule has 0 atom stereocenters. The van der Waals surface area contributed by atoms with Crippen molar-refractivity contribution in [2.45, 2.75) is 0 Å². The van der Waals surface area contributed by atoms with Gasteiger partial charge in [0.1, 0.15) is 5.69 Å². The van der Waals surface area contributed by atoms with E-state index in [-0.39, 0.29) is 17.1 Å². The molecule has 1 aromatic carbocycles. The highest BCUT2D eigenvalue weighted by Gasteiger charge is 2.16. The summed E-state index contributed by atoms with van der Waals surface area (Å²) in [4.78, 5) is 10.8. The zero-order chi connectivity index (χ0) is 11.7. The second-order valence-electron chi connectivity index (χ2n) is 3.06. The summed E-state index contributed by atoms with van der Waals surface area (Å²) in [5.41, 5.74) is 5.76. The number of nitrogen functional groups attached to an aromatic ring is 1. The van der Waals surface area contributed by atoms with Crippen LogP contribution in [-0.4, -0.2) is 11.1 Å². The van der Waals surface area contributed by atoms with Gasteiger partial charge in [0.25, 0.3) is 0 Å². The van der Waals surface area contributed by atoms with Crippen LogP contribution in [0.25, 0.3) is 11.3 Å². The Morgan fingerprint density at radius 1 is 1.38 bits per heavy atom. The first-order valence-electron chi connectivity index (χ1n) is 4.32. The van der Waals surface area contributed by atoms with Crippen LogP contribution < -0.4 is 10.8 Å². The minimum absolute atomic E-state index is 0.133. The lowest BCUT2D eigenvalue weighted by Crippen LogP contribution is -2.23. The summed E-state index contributed by atoms with van der Waals surface area (Å²) >= 11 is 5.71. The number of carbonyl (C=O) groups excluding carboxylic acids is 1. The molecule has 0 aliphatic carbocycles. The number of nitrogens with two attached hydrogens (primary N) is 1. The molecule has 0 bridgehead atoms. The van der Waals surface area contributed by atoms with Crippen LogP contribution in [0.3, 0.4) is 0 Å². The van der Waals surface area contributed by atoms with E-state index in [1.54, 1.807) is 24.3 Å². The maximum Gasteiger partial charge on any atom is 0.231 e. The van der Waals surface area contributed by atoms with Gasteiger partial charge in [-0.05, 0) is 12.1 Å². The van der Waals surface area contributed by atoms with Crippen LogP contribution >= 0.6 is 11.6 Å². The first-order chi connectivity index (χ1) is 7.59. The van der Waals surface area contributed by atoms with Crippen LogP contribution in [0.2, 0.25) is 5.02 Å². The third-order valence-electron chi connectivity index (χ3n) is 2.04. The molecule has 2 rings (SSSR count). The lowest BCUT2D eigenvalue weighted by molar-refractivity contribution is -0.254. The molecule has 0 fully saturated rings. The first kappa shape index (κ1) is 10.5. The predicted molar refractivity (Wildman–Crippen MR) is 55.7 cm³/mol. The van der Waals surface area contributed by atoms with Crippen molar-refractivity contribution in [1.29, 1.82) is 0 Å². The van der Waals surface area contributed by atoms with E-state index < -0.39 is 5.97 Å². The van der Waals surface area contributed by atoms with Gasteiger partial charge >= 0.3 is 0 Å². The minimum atomic E-state index is -1.43. The molecule has 0 spiro atoms. The Labute approximate surface area is 95.4 Å². The number of anilines is 1. The molecule has 0 aliphatic heterocycles. The summed E-state index contributed by atoms with van der Waals surface area (Å²) in [6.45, 7) is 0. The van der Waals surface area contributed by atoms with E-state index in [0.29, 0.717) is 10.6 Å². The molecule has 2 N–H and O–H groups in total. The maximum atomic E-state index is 10.8. The number of nitrogens with zero attached hydrogens (tertiary/aromatic N) is 1. The summed E-state index contributed by atoms with van der Waals surface area (Å²) in [5, 5.41) is 14.9. The molecule has 0 unspecified atom stereocenters. The second-order valence-corrected chi connectivity index (χ2v) is 3.50. The number of aromatic carboxylic acids is 1. The fourth-order valence-corrected chi connectivity index (χ4v) is 1.43. The van der Waals surface area contributed by atoms with Crippen LogP contribution in [0, 0.1) is 0 Å². The van der Waals surface area contributed by atoms with Gasteiger partial charge in [-0.1, -0.05) is 28.9 Å². The summed E-state index contributed by atoms with van der Waals surface area (Å²) in [6.07, 6.45) is 0. The average molecular weight is 238 g/mol. The first-order valence-corrected chi connectivity index (χ1v) is 4.70. The molecule has 16 heavy (non-hydrogen) atoms. The number of rotatable bonds is 2. The van der Waals surface area contributed by atoms with Gasteiger partial charge in [-0.2, -0.15) is 0 Å². The third-order valence-corrected chi connectivity index (χ3v) is 2.29. The highest BCUT2D eigenvalue weighted by Crippen LogP contribution is 2.27. The van der Waals surface area contributed by atoms with E-state index in [9.17, 15) is 9.90 Å². The van der Waals surface area contributed by atoms with Crippen LogP contribution in [0.15, 0.2) is 28.8 Å². The molecular weight excluding hydrogens is 232 g/mol. The quantitative estimate of drug-likeness (QED) is 0.839. The van der Waals surface area contributed by atoms with Crippen molar-refractivity contribution < 1.29 is 14.4 Å². The van der Waals surface area contributed by atoms with Gasteiger partial charge in [-0.3, -0.25) is 0 Å². The Morgan fingerprint density at radius 3 is 2.56 bits per heavy atom. The monoisotopic (exact) mass is 237 g/mol. The predicted octanol–water partition coefficient (Wildman–Crippen LogP) is 0.941. The second kappa shape index (κ2) is 3.86. The summed E-state index contributed by atoms with van der Waals surface area (Å²) < 4.78 is 4.62. The fraction of sp³-hybridized carbons (Fsp3) is 0. The number of aromatic nitrogens is 1. The van der Waals surface area contributed by atoms with E-state index in [0.717, 1.165) is 0 Å². The molecule has 0 radical (unpaired) electrons. The van der Waals surface area contributed by atoms with Crippen LogP contribution in [0.5, 0.6) is 0 Å². The highest BCUT2D eigenvalue weighted by atomic mass is 35.5. The molecule has 0 saturated heterocycles. The van der Waals surface area contributed by atoms with Crippen molar-refractivity contribution in [3.8, 4) is 11.3 Å². The van der Waals surface area contributed by atoms with E-state index in [2.05, 4.69) is 9.68 Å². The number of benzene rings is 1. The highest BCUT2D eigenvalue weighted by molar-refractivity contribution is 6.30. The lowest BCUT2D eigenvalue weighted by atomic mass is 10.1. The molecule has 0 aliphatic rings. The van der Waals surface area contributed by atoms with Crippen molar-refractivity contribution in [3.05, 3.63) is 34.9 Å². The van der Waals surface area contributed by atoms with Gasteiger partial charge in [0, 0.05) is 10.6 Å². The SMILES string of the molecule is Nc1onc(-c2ccc(Cl)cc2)c1C(=O)[O-]. The topological polar surface area (TPSA) is 92.2 Å². The molecule has 1 heterocycles. The zero-order valence-electron chi connectivity index (χ0n) is 7.94. The molecular formula is C10H6ClN2O3-. The van der Waals surface area contributed by atoms with Gasteiger partial charge in [-0.15, -0.1) is 0 Å². The molecule has 0 amide bonds. The van der Waals surface area contributed by atoms with E-state index in [4.69, 9.17) is 17.3 Å². The molecule has 5 nitrogen and oxygen atoms in total. The fourth-order valence-electron chi connectivity index (χ4n) is 1.30. The van der Waals surface area contributed by atoms with Crippen LogP contribution in [-0.2, 0) is 0 Å². The van der Waals surface area contributed by atoms with Crippen molar-refractivity contribution >= 4 is 23.5 Å². The molecule has 1 aromatic heterocycles. The van der Waals surface area contributed by atoms with Crippen molar-refractivity contribution in [2.24, 2.45) is 0 Å². The molecule has 82 valence electrons. The van der Waals surface area contributed by atoms with Gasteiger partial charge < -0.3 is 20.2 Å². The summed E-state index contributed by atoms with van der Waals surface area (Å²) in [7, 11) is 0. The van der Waals surface area contributed by atoms with Crippen molar-refractivity contribution in [2.75, 3.05) is 5.73 Å². The molecule has 6 heteroatoms. The number of hydrogen-bond acceptors (Lipinski definition) is 5. The smallest absolute Gasteiger partial charge is 0.231 e. The van der Waals surface area contributed by atoms with E-state index in [1.165, 1.54) is 0 Å². The van der Waals surface area contributed by atoms with Gasteiger partial charge in [0.15, 0.2) is 0 Å². The summed E-state index contributed by atoms with van der Waals surface area (Å²) in [5.74, 6) is -1.70. The van der Waals surface area contributed by atoms with Crippen molar-refractivity contribution in [3.63, 3.8) is 0 Å². The Bertz CT molecular complexity index is 533. The normalized spacial score (nSPS) is 10.3. The van der Waals surface area contributed by atoms with Gasteiger partial charge in [0.2, 0.25) is 5.88 Å². The van der Waals surface area contributed by atoms with Gasteiger partial charge in [-0.25, -0.2) is 0 Å². The largest absolute Gasteiger partial charge is 0.545 e. The van der Waals surface area contributed by atoms with Crippen LogP contribution in [0.1, 0.15) is 10.4 Å². The Morgan fingerprint density at radius 2 is 2.00 bits per heavy atom. The number of carbonyl (C=O) groups is 1. The van der Waals surface area contributed by atoms with Crippen LogP contribution in [0.4, 0.5) is 5.88 Å². The number of carboxylic acids is 1. The number of carboxylic acid groups (broad SMARTS) is 1. The Balaban J connectivity index is 2.56. The standard InChI is InChI=1S/C10H7ClN2O3/c11-6-3-1-5(2-4-6)8-7(10(14)15)9(12)16-13-8/h1-4H,12H2,(H,14,15)/p-1. The maximum absolute atomic E-state index is 10.8. The minimum Gasteiger partial charge on any atom is -0.545 e. The van der Waals surface area contributed by atoms with Gasteiger partial charge in [0.05, 0.1) is 11.5 Å². The summed E-state index contributed by atoms with van der Waals surface area (Å²) in [6, 6.07) is 6.46. The Kier molecular flexibility index (Phi) is 2.54. The average Bonchev–Trinajstić information content (AvgIpc) is 2.61. The molecule has 2 aromatic rings. The Hall–Kier alpha value is -2.01. The van der Waals surface area contributed by atoms with E-state index >= 15 is 0 Å². The number of hydrogen-bond donors (Lipinski definition) is 1. The zero-order valence-corrected chi connectivity index (χ0v) is 8.69. The lowest BCUT2D eigenvalue weighted by Gasteiger charge is -2.02. The van der Waals surface area contributed by atoms with E-state index in [1.807, 2.05) is 0 Å². The van der Waals surface area contributed by atoms with Crippen molar-refractivity contribution in [1.82, 2.24) is 5.16 Å².